The number of nitrogens with one attached hydrogen (secondary N) is 2. The SMILES string of the molecule is CC[C@@H](C)NS(=O)(=O)c1ccc(OCC(=O)NC[C@@H]2CCCO2)cc1. The summed E-state index contributed by atoms with van der Waals surface area (Å²) in [4.78, 5) is 11.9. The maximum atomic E-state index is 12.2. The summed E-state index contributed by atoms with van der Waals surface area (Å²) in [5, 5.41) is 2.76. The van der Waals surface area contributed by atoms with Crippen molar-refractivity contribution in [2.24, 2.45) is 0 Å². The van der Waals surface area contributed by atoms with E-state index in [9.17, 15) is 13.2 Å². The first-order chi connectivity index (χ1) is 11.9. The van der Waals surface area contributed by atoms with E-state index in [2.05, 4.69) is 10.0 Å². The van der Waals surface area contributed by atoms with Crippen LogP contribution in [0.4, 0.5) is 0 Å². The molecule has 25 heavy (non-hydrogen) atoms. The zero-order chi connectivity index (χ0) is 18.3. The van der Waals surface area contributed by atoms with Crippen LogP contribution in [-0.4, -0.2) is 46.2 Å². The molecule has 1 saturated heterocycles. The van der Waals surface area contributed by atoms with Crippen molar-refractivity contribution < 1.29 is 22.7 Å². The quantitative estimate of drug-likeness (QED) is 0.686. The predicted octanol–water partition coefficient (Wildman–Crippen LogP) is 1.44. The minimum Gasteiger partial charge on any atom is -0.484 e. The first-order valence-corrected chi connectivity index (χ1v) is 10.0. The Bertz CT molecular complexity index is 654. The van der Waals surface area contributed by atoms with Crippen LogP contribution in [0.1, 0.15) is 33.1 Å². The molecule has 0 radical (unpaired) electrons. The highest BCUT2D eigenvalue weighted by atomic mass is 32.2. The van der Waals surface area contributed by atoms with Gasteiger partial charge in [0, 0.05) is 19.2 Å². The Morgan fingerprint density at radius 3 is 2.68 bits per heavy atom. The van der Waals surface area contributed by atoms with Crippen molar-refractivity contribution >= 4 is 15.9 Å². The number of benzene rings is 1. The molecule has 7 nitrogen and oxygen atoms in total. The van der Waals surface area contributed by atoms with Gasteiger partial charge in [-0.1, -0.05) is 6.92 Å². The van der Waals surface area contributed by atoms with Crippen LogP contribution in [0.2, 0.25) is 0 Å². The second kappa shape index (κ2) is 9.17. The van der Waals surface area contributed by atoms with Crippen molar-refractivity contribution in [1.82, 2.24) is 10.0 Å². The number of rotatable bonds is 9. The van der Waals surface area contributed by atoms with Gasteiger partial charge in [0.05, 0.1) is 11.0 Å². The highest BCUT2D eigenvalue weighted by Gasteiger charge is 2.17. The van der Waals surface area contributed by atoms with Crippen LogP contribution >= 0.6 is 0 Å². The Kier molecular flexibility index (Phi) is 7.22. The topological polar surface area (TPSA) is 93.7 Å². The monoisotopic (exact) mass is 370 g/mol. The Morgan fingerprint density at radius 1 is 1.36 bits per heavy atom. The van der Waals surface area contributed by atoms with Crippen LogP contribution in [0.3, 0.4) is 0 Å². The minimum atomic E-state index is -3.54. The van der Waals surface area contributed by atoms with Crippen LogP contribution in [0.15, 0.2) is 29.2 Å². The van der Waals surface area contributed by atoms with E-state index in [1.165, 1.54) is 12.1 Å². The number of sulfonamides is 1. The second-order valence-electron chi connectivity index (χ2n) is 6.13. The van der Waals surface area contributed by atoms with Gasteiger partial charge in [-0.25, -0.2) is 13.1 Å². The molecule has 2 rings (SSSR count). The van der Waals surface area contributed by atoms with Crippen molar-refractivity contribution in [3.8, 4) is 5.75 Å². The second-order valence-corrected chi connectivity index (χ2v) is 7.84. The van der Waals surface area contributed by atoms with Gasteiger partial charge in [-0.3, -0.25) is 4.79 Å². The fourth-order valence-corrected chi connectivity index (χ4v) is 3.69. The van der Waals surface area contributed by atoms with Crippen LogP contribution < -0.4 is 14.8 Å². The molecule has 1 amide bonds. The summed E-state index contributed by atoms with van der Waals surface area (Å²) in [7, 11) is -3.54. The van der Waals surface area contributed by atoms with Gasteiger partial charge in [-0.2, -0.15) is 0 Å². The Balaban J connectivity index is 1.80. The molecule has 0 spiro atoms. The van der Waals surface area contributed by atoms with E-state index in [1.54, 1.807) is 12.1 Å². The van der Waals surface area contributed by atoms with E-state index in [-0.39, 0.29) is 29.6 Å². The molecule has 1 aromatic carbocycles. The number of hydrogen-bond acceptors (Lipinski definition) is 5. The molecule has 0 aliphatic carbocycles. The Morgan fingerprint density at radius 2 is 2.08 bits per heavy atom. The summed E-state index contributed by atoms with van der Waals surface area (Å²) in [5.41, 5.74) is 0. The van der Waals surface area contributed by atoms with E-state index >= 15 is 0 Å². The number of amides is 1. The Labute approximate surface area is 149 Å². The van der Waals surface area contributed by atoms with E-state index in [1.807, 2.05) is 13.8 Å². The van der Waals surface area contributed by atoms with Gasteiger partial charge < -0.3 is 14.8 Å². The lowest BCUT2D eigenvalue weighted by Gasteiger charge is -2.13. The van der Waals surface area contributed by atoms with Gasteiger partial charge in [0.15, 0.2) is 6.61 Å². The zero-order valence-electron chi connectivity index (χ0n) is 14.7. The fraction of sp³-hybridized carbons (Fsp3) is 0.588. The zero-order valence-corrected chi connectivity index (χ0v) is 15.5. The molecule has 1 heterocycles. The molecule has 1 fully saturated rings. The van der Waals surface area contributed by atoms with Crippen LogP contribution in [0, 0.1) is 0 Å². The molecule has 140 valence electrons. The third-order valence-corrected chi connectivity index (χ3v) is 5.63. The third-order valence-electron chi connectivity index (χ3n) is 4.02. The lowest BCUT2D eigenvalue weighted by Crippen LogP contribution is -2.35. The predicted molar refractivity (Wildman–Crippen MR) is 94.0 cm³/mol. The molecule has 1 aliphatic rings. The van der Waals surface area contributed by atoms with E-state index in [0.29, 0.717) is 18.7 Å². The fourth-order valence-electron chi connectivity index (χ4n) is 2.36. The molecular formula is C17H26N2O5S. The molecule has 1 aromatic rings. The highest BCUT2D eigenvalue weighted by Crippen LogP contribution is 2.16. The largest absolute Gasteiger partial charge is 0.484 e. The summed E-state index contributed by atoms with van der Waals surface area (Å²) in [6, 6.07) is 5.87. The summed E-state index contributed by atoms with van der Waals surface area (Å²) in [5.74, 6) is 0.209. The lowest BCUT2D eigenvalue weighted by molar-refractivity contribution is -0.123. The summed E-state index contributed by atoms with van der Waals surface area (Å²) in [6.45, 7) is 4.83. The molecule has 2 atom stereocenters. The first kappa shape index (κ1) is 19.7. The molecule has 0 unspecified atom stereocenters. The van der Waals surface area contributed by atoms with Gasteiger partial charge >= 0.3 is 0 Å². The lowest BCUT2D eigenvalue weighted by atomic mass is 10.2. The van der Waals surface area contributed by atoms with Crippen LogP contribution in [0.5, 0.6) is 5.75 Å². The number of ether oxygens (including phenoxy) is 2. The van der Waals surface area contributed by atoms with Crippen molar-refractivity contribution in [3.63, 3.8) is 0 Å². The average molecular weight is 370 g/mol. The summed E-state index contributed by atoms with van der Waals surface area (Å²) < 4.78 is 37.7. The maximum Gasteiger partial charge on any atom is 0.258 e. The molecule has 1 aliphatic heterocycles. The van der Waals surface area contributed by atoms with Crippen LogP contribution in [-0.2, 0) is 19.6 Å². The smallest absolute Gasteiger partial charge is 0.258 e. The standard InChI is InChI=1S/C17H26N2O5S/c1-3-13(2)19-25(21,22)16-8-6-14(7-9-16)24-12-17(20)18-11-15-5-4-10-23-15/h6-9,13,15,19H,3-5,10-12H2,1-2H3,(H,18,20)/t13-,15+/m1/s1. The number of hydrogen-bond donors (Lipinski definition) is 2. The Hall–Kier alpha value is -1.64. The normalized spacial score (nSPS) is 18.7. The highest BCUT2D eigenvalue weighted by molar-refractivity contribution is 7.89. The molecular weight excluding hydrogens is 344 g/mol. The summed E-state index contributed by atoms with van der Waals surface area (Å²) >= 11 is 0. The maximum absolute atomic E-state index is 12.2. The van der Waals surface area contributed by atoms with Gasteiger partial charge in [-0.15, -0.1) is 0 Å². The minimum absolute atomic E-state index is 0.0893. The molecule has 0 bridgehead atoms. The van der Waals surface area contributed by atoms with Crippen molar-refractivity contribution in [2.45, 2.75) is 50.2 Å². The van der Waals surface area contributed by atoms with Crippen molar-refractivity contribution in [3.05, 3.63) is 24.3 Å². The number of carbonyl (C=O) groups is 1. The molecule has 8 heteroatoms. The third kappa shape index (κ3) is 6.30. The van der Waals surface area contributed by atoms with Crippen molar-refractivity contribution in [2.75, 3.05) is 19.8 Å². The summed E-state index contributed by atoms with van der Waals surface area (Å²) in [6.07, 6.45) is 2.79. The van der Waals surface area contributed by atoms with Gasteiger partial charge in [-0.05, 0) is 50.5 Å². The van der Waals surface area contributed by atoms with E-state index in [0.717, 1.165) is 19.4 Å². The van der Waals surface area contributed by atoms with Crippen molar-refractivity contribution in [1.29, 1.82) is 0 Å². The van der Waals surface area contributed by atoms with E-state index < -0.39 is 10.0 Å². The van der Waals surface area contributed by atoms with Gasteiger partial charge in [0.1, 0.15) is 5.75 Å². The first-order valence-electron chi connectivity index (χ1n) is 8.54. The number of carbonyl (C=O) groups excluding carboxylic acids is 1. The van der Waals surface area contributed by atoms with E-state index in [4.69, 9.17) is 9.47 Å². The van der Waals surface area contributed by atoms with Gasteiger partial charge in [0.2, 0.25) is 10.0 Å². The molecule has 2 N–H and O–H groups in total. The molecule has 0 aromatic heterocycles. The molecule has 0 saturated carbocycles. The van der Waals surface area contributed by atoms with Gasteiger partial charge in [0.25, 0.3) is 5.91 Å². The average Bonchev–Trinajstić information content (AvgIpc) is 3.11. The van der Waals surface area contributed by atoms with Crippen LogP contribution in [0.25, 0.3) is 0 Å².